The van der Waals surface area contributed by atoms with Crippen molar-refractivity contribution in [3.8, 4) is 28.6 Å². The first kappa shape index (κ1) is 33.4. The summed E-state index contributed by atoms with van der Waals surface area (Å²) < 4.78 is 24.6. The Morgan fingerprint density at radius 3 is 1.78 bits per heavy atom. The number of anilines is 1. The molecule has 1 saturated heterocycles. The van der Waals surface area contributed by atoms with Crippen LogP contribution in [0.15, 0.2) is 121 Å². The summed E-state index contributed by atoms with van der Waals surface area (Å²) in [6.45, 7) is 9.26. The van der Waals surface area contributed by atoms with Crippen LogP contribution < -0.4 is 19.1 Å². The molecule has 4 aromatic carbocycles. The highest BCUT2D eigenvalue weighted by atomic mass is 16.6. The second-order valence-corrected chi connectivity index (χ2v) is 13.0. The molecule has 0 N–H and O–H groups in total. The fourth-order valence-corrected chi connectivity index (χ4v) is 5.54. The van der Waals surface area contributed by atoms with Crippen LogP contribution in [0.25, 0.3) is 11.1 Å². The molecule has 1 aromatic heterocycles. The number of carbonyl (C=O) groups is 1. The maximum atomic E-state index is 12.7. The van der Waals surface area contributed by atoms with Crippen molar-refractivity contribution in [3.63, 3.8) is 0 Å². The number of ether oxygens (including phenoxy) is 4. The highest BCUT2D eigenvalue weighted by Gasteiger charge is 2.27. The summed E-state index contributed by atoms with van der Waals surface area (Å²) in [5.74, 6) is 1.70. The van der Waals surface area contributed by atoms with Crippen LogP contribution in [0.5, 0.6) is 17.5 Å². The Hall–Kier alpha value is -5.50. The van der Waals surface area contributed by atoms with Gasteiger partial charge in [0.2, 0.25) is 11.8 Å². The maximum Gasteiger partial charge on any atom is 0.410 e. The van der Waals surface area contributed by atoms with E-state index in [-0.39, 0.29) is 6.09 Å². The van der Waals surface area contributed by atoms with Gasteiger partial charge in [0.1, 0.15) is 31.2 Å². The molecule has 1 amide bonds. The van der Waals surface area contributed by atoms with Gasteiger partial charge < -0.3 is 28.7 Å². The van der Waals surface area contributed by atoms with Gasteiger partial charge in [0.15, 0.2) is 0 Å². The van der Waals surface area contributed by atoms with Crippen molar-refractivity contribution < 1.29 is 23.7 Å². The predicted octanol–water partition coefficient (Wildman–Crippen LogP) is 8.54. The molecule has 0 unspecified atom stereocenters. The zero-order valence-electron chi connectivity index (χ0n) is 28.4. The van der Waals surface area contributed by atoms with Gasteiger partial charge >= 0.3 is 6.09 Å². The molecule has 8 nitrogen and oxygen atoms in total. The fourth-order valence-electron chi connectivity index (χ4n) is 5.54. The van der Waals surface area contributed by atoms with Gasteiger partial charge in [-0.1, -0.05) is 97.1 Å². The standard InChI is InChI=1S/C41H43N3O5/c1-41(2,3)49-40(45)44-25-23-43(24-26-44)36-21-19-34(27-37(36)46-28-31-13-7-4-8-14-31)35-20-22-38(47-29-32-15-9-5-10-16-32)42-39(35)48-30-33-17-11-6-12-18-33/h4-22,27H,23-26,28-30H2,1-3H3. The summed E-state index contributed by atoms with van der Waals surface area (Å²) in [5, 5.41) is 0. The molecule has 0 spiro atoms. The van der Waals surface area contributed by atoms with Crippen molar-refractivity contribution in [2.24, 2.45) is 0 Å². The molecule has 0 saturated carbocycles. The van der Waals surface area contributed by atoms with Crippen LogP contribution >= 0.6 is 0 Å². The van der Waals surface area contributed by atoms with Crippen LogP contribution in [0.2, 0.25) is 0 Å². The molecule has 6 rings (SSSR count). The number of piperazine rings is 1. The van der Waals surface area contributed by atoms with Crippen molar-refractivity contribution in [2.45, 2.75) is 46.2 Å². The fraction of sp³-hybridized carbons (Fsp3) is 0.268. The molecule has 0 bridgehead atoms. The summed E-state index contributed by atoms with van der Waals surface area (Å²) in [6.07, 6.45) is -0.283. The second kappa shape index (κ2) is 15.6. The van der Waals surface area contributed by atoms with E-state index < -0.39 is 5.60 Å². The van der Waals surface area contributed by atoms with Gasteiger partial charge in [-0.05, 0) is 61.2 Å². The quantitative estimate of drug-likeness (QED) is 0.141. The van der Waals surface area contributed by atoms with Crippen LogP contribution in [0.1, 0.15) is 37.5 Å². The maximum absolute atomic E-state index is 12.7. The number of hydrogen-bond acceptors (Lipinski definition) is 7. The number of pyridine rings is 1. The Balaban J connectivity index is 1.28. The SMILES string of the molecule is CC(C)(C)OC(=O)N1CCN(c2ccc(-c3ccc(OCc4ccccc4)nc3OCc3ccccc3)cc2OCc2ccccc2)CC1. The van der Waals surface area contributed by atoms with E-state index in [0.717, 1.165) is 39.3 Å². The first-order valence-corrected chi connectivity index (χ1v) is 16.7. The van der Waals surface area contributed by atoms with Crippen LogP contribution in [0.3, 0.4) is 0 Å². The Morgan fingerprint density at radius 2 is 1.20 bits per heavy atom. The molecule has 2 heterocycles. The topological polar surface area (TPSA) is 73.4 Å². The van der Waals surface area contributed by atoms with Gasteiger partial charge in [0, 0.05) is 37.8 Å². The minimum atomic E-state index is -0.534. The molecule has 1 aliphatic rings. The van der Waals surface area contributed by atoms with Crippen molar-refractivity contribution in [2.75, 3.05) is 31.1 Å². The minimum absolute atomic E-state index is 0.283. The molecule has 1 aliphatic heterocycles. The van der Waals surface area contributed by atoms with Gasteiger partial charge in [0.05, 0.1) is 5.69 Å². The Morgan fingerprint density at radius 1 is 0.653 bits per heavy atom. The Labute approximate surface area is 288 Å². The average molecular weight is 658 g/mol. The highest BCUT2D eigenvalue weighted by Crippen LogP contribution is 2.38. The van der Waals surface area contributed by atoms with Crippen LogP contribution in [0, 0.1) is 0 Å². The number of hydrogen-bond donors (Lipinski definition) is 0. The molecule has 252 valence electrons. The third kappa shape index (κ3) is 9.32. The minimum Gasteiger partial charge on any atom is -0.487 e. The Bertz CT molecular complexity index is 1800. The van der Waals surface area contributed by atoms with E-state index in [0.29, 0.717) is 57.8 Å². The second-order valence-electron chi connectivity index (χ2n) is 13.0. The summed E-state index contributed by atoms with van der Waals surface area (Å²) in [4.78, 5) is 21.6. The van der Waals surface area contributed by atoms with Gasteiger partial charge in [-0.25, -0.2) is 4.79 Å². The number of amides is 1. The van der Waals surface area contributed by atoms with Gasteiger partial charge in [0.25, 0.3) is 0 Å². The van der Waals surface area contributed by atoms with E-state index in [1.807, 2.05) is 112 Å². The van der Waals surface area contributed by atoms with Crippen molar-refractivity contribution in [1.29, 1.82) is 0 Å². The largest absolute Gasteiger partial charge is 0.487 e. The molecular weight excluding hydrogens is 614 g/mol. The van der Waals surface area contributed by atoms with Crippen LogP contribution in [-0.2, 0) is 24.6 Å². The van der Waals surface area contributed by atoms with Crippen LogP contribution in [-0.4, -0.2) is 47.8 Å². The zero-order chi connectivity index (χ0) is 34.1. The van der Waals surface area contributed by atoms with E-state index in [1.165, 1.54) is 0 Å². The summed E-state index contributed by atoms with van der Waals surface area (Å²) >= 11 is 0. The first-order valence-electron chi connectivity index (χ1n) is 16.7. The number of rotatable bonds is 11. The lowest BCUT2D eigenvalue weighted by atomic mass is 10.0. The van der Waals surface area contributed by atoms with Crippen LogP contribution in [0.4, 0.5) is 10.5 Å². The summed E-state index contributed by atoms with van der Waals surface area (Å²) in [6, 6.07) is 40.2. The van der Waals surface area contributed by atoms with E-state index in [1.54, 1.807) is 4.90 Å². The van der Waals surface area contributed by atoms with Gasteiger partial charge in [-0.3, -0.25) is 0 Å². The van der Waals surface area contributed by atoms with Gasteiger partial charge in [-0.2, -0.15) is 4.98 Å². The van der Waals surface area contributed by atoms with Crippen molar-refractivity contribution in [3.05, 3.63) is 138 Å². The molecule has 0 aliphatic carbocycles. The number of aromatic nitrogens is 1. The Kier molecular flexibility index (Phi) is 10.6. The van der Waals surface area contributed by atoms with Crippen molar-refractivity contribution in [1.82, 2.24) is 9.88 Å². The first-order chi connectivity index (χ1) is 23.8. The molecule has 5 aromatic rings. The molecule has 49 heavy (non-hydrogen) atoms. The molecule has 8 heteroatoms. The van der Waals surface area contributed by atoms with E-state index >= 15 is 0 Å². The number of nitrogens with zero attached hydrogens (tertiary/aromatic N) is 3. The highest BCUT2D eigenvalue weighted by molar-refractivity contribution is 5.75. The van der Waals surface area contributed by atoms with Gasteiger partial charge in [-0.15, -0.1) is 0 Å². The summed E-state index contributed by atoms with van der Waals surface area (Å²) in [7, 11) is 0. The van der Waals surface area contributed by atoms with E-state index in [9.17, 15) is 4.79 Å². The molecule has 0 atom stereocenters. The third-order valence-electron chi connectivity index (χ3n) is 8.06. The monoisotopic (exact) mass is 657 g/mol. The molecule has 0 radical (unpaired) electrons. The number of carbonyl (C=O) groups excluding carboxylic acids is 1. The molecular formula is C41H43N3O5. The average Bonchev–Trinajstić information content (AvgIpc) is 3.13. The lowest BCUT2D eigenvalue weighted by molar-refractivity contribution is 0.0240. The van der Waals surface area contributed by atoms with Crippen molar-refractivity contribution >= 4 is 11.8 Å². The zero-order valence-corrected chi connectivity index (χ0v) is 28.4. The lowest BCUT2D eigenvalue weighted by Crippen LogP contribution is -2.50. The lowest BCUT2D eigenvalue weighted by Gasteiger charge is -2.37. The third-order valence-corrected chi connectivity index (χ3v) is 8.06. The smallest absolute Gasteiger partial charge is 0.410 e. The molecule has 1 fully saturated rings. The van der Waals surface area contributed by atoms with E-state index in [2.05, 4.69) is 35.2 Å². The summed E-state index contributed by atoms with van der Waals surface area (Å²) in [5.41, 5.74) is 5.33. The number of benzene rings is 4. The van der Waals surface area contributed by atoms with E-state index in [4.69, 9.17) is 23.9 Å². The normalized spacial score (nSPS) is 13.1. The predicted molar refractivity (Wildman–Crippen MR) is 192 cm³/mol.